The minimum absolute atomic E-state index is 0.187. The highest BCUT2D eigenvalue weighted by molar-refractivity contribution is 6.01. The standard InChI is InChI=1S/C13H17F3N2O2/c1-11(2,3)5-6-18-10(20)8(7-17)9(19)12(18,4)13(14,15)16/h19H,5-6H2,1-4H3. The number of carbonyl (C=O) groups excluding carboxylic acids is 1. The molecule has 0 spiro atoms. The predicted molar refractivity (Wildman–Crippen MR) is 65.5 cm³/mol. The lowest BCUT2D eigenvalue weighted by Crippen LogP contribution is -2.56. The van der Waals surface area contributed by atoms with Crippen molar-refractivity contribution in [1.82, 2.24) is 4.90 Å². The Hall–Kier alpha value is -1.71. The summed E-state index contributed by atoms with van der Waals surface area (Å²) in [7, 11) is 0. The third kappa shape index (κ3) is 2.47. The van der Waals surface area contributed by atoms with Crippen LogP contribution in [0.4, 0.5) is 13.2 Å². The molecule has 1 N–H and O–H groups in total. The summed E-state index contributed by atoms with van der Waals surface area (Å²) >= 11 is 0. The van der Waals surface area contributed by atoms with Gasteiger partial charge in [-0.25, -0.2) is 0 Å². The van der Waals surface area contributed by atoms with Crippen LogP contribution in [0.1, 0.15) is 34.1 Å². The fraction of sp³-hybridized carbons (Fsp3) is 0.692. The van der Waals surface area contributed by atoms with Crippen LogP contribution in [0.5, 0.6) is 0 Å². The molecule has 1 atom stereocenters. The highest BCUT2D eigenvalue weighted by atomic mass is 19.4. The number of amides is 1. The summed E-state index contributed by atoms with van der Waals surface area (Å²) in [4.78, 5) is 12.4. The first-order valence-electron chi connectivity index (χ1n) is 6.09. The number of nitrogens with zero attached hydrogens (tertiary/aromatic N) is 2. The zero-order valence-corrected chi connectivity index (χ0v) is 11.8. The van der Waals surface area contributed by atoms with Gasteiger partial charge in [0.2, 0.25) is 0 Å². The average molecular weight is 290 g/mol. The minimum Gasteiger partial charge on any atom is -0.508 e. The summed E-state index contributed by atoms with van der Waals surface area (Å²) < 4.78 is 39.8. The van der Waals surface area contributed by atoms with Crippen molar-refractivity contribution in [3.63, 3.8) is 0 Å². The Morgan fingerprint density at radius 3 is 2.20 bits per heavy atom. The number of nitriles is 1. The normalized spacial score (nSPS) is 24.3. The molecule has 1 heterocycles. The van der Waals surface area contributed by atoms with Crippen LogP contribution in [-0.2, 0) is 4.79 Å². The Balaban J connectivity index is 3.24. The highest BCUT2D eigenvalue weighted by Crippen LogP contribution is 2.46. The zero-order valence-electron chi connectivity index (χ0n) is 11.8. The molecule has 0 aliphatic carbocycles. The molecule has 1 unspecified atom stereocenters. The Kier molecular flexibility index (Phi) is 3.83. The van der Waals surface area contributed by atoms with Crippen LogP contribution in [0.2, 0.25) is 0 Å². The van der Waals surface area contributed by atoms with E-state index < -0.39 is 29.0 Å². The number of aliphatic hydroxyl groups excluding tert-OH is 1. The Bertz CT molecular complexity index is 497. The van der Waals surface area contributed by atoms with Gasteiger partial charge in [0.1, 0.15) is 6.07 Å². The lowest BCUT2D eigenvalue weighted by Gasteiger charge is -2.38. The molecular weight excluding hydrogens is 273 g/mol. The van der Waals surface area contributed by atoms with Gasteiger partial charge in [-0.15, -0.1) is 0 Å². The van der Waals surface area contributed by atoms with E-state index in [1.54, 1.807) is 0 Å². The average Bonchev–Trinajstić information content (AvgIpc) is 2.44. The summed E-state index contributed by atoms with van der Waals surface area (Å²) in [6.45, 7) is 6.02. The lowest BCUT2D eigenvalue weighted by molar-refractivity contribution is -0.216. The van der Waals surface area contributed by atoms with Gasteiger partial charge in [0, 0.05) is 6.54 Å². The van der Waals surface area contributed by atoms with Crippen molar-refractivity contribution in [3.05, 3.63) is 11.3 Å². The Labute approximate surface area is 115 Å². The number of carbonyl (C=O) groups is 1. The van der Waals surface area contributed by atoms with Gasteiger partial charge >= 0.3 is 6.18 Å². The van der Waals surface area contributed by atoms with Crippen LogP contribution in [0.25, 0.3) is 0 Å². The van der Waals surface area contributed by atoms with Crippen LogP contribution < -0.4 is 0 Å². The van der Waals surface area contributed by atoms with E-state index in [2.05, 4.69) is 0 Å². The lowest BCUT2D eigenvalue weighted by atomic mass is 9.90. The Morgan fingerprint density at radius 1 is 1.35 bits per heavy atom. The molecule has 1 rings (SSSR count). The van der Waals surface area contributed by atoms with E-state index in [0.717, 1.165) is 0 Å². The monoisotopic (exact) mass is 290 g/mol. The maximum Gasteiger partial charge on any atom is 0.418 e. The third-order valence-electron chi connectivity index (χ3n) is 3.45. The molecule has 0 saturated carbocycles. The summed E-state index contributed by atoms with van der Waals surface area (Å²) in [5.74, 6) is -2.29. The summed E-state index contributed by atoms with van der Waals surface area (Å²) in [6.07, 6.45) is -4.54. The van der Waals surface area contributed by atoms with E-state index in [9.17, 15) is 23.1 Å². The molecule has 1 aliphatic heterocycles. The van der Waals surface area contributed by atoms with Crippen molar-refractivity contribution in [1.29, 1.82) is 5.26 Å². The molecule has 7 heteroatoms. The van der Waals surface area contributed by atoms with E-state index in [1.165, 1.54) is 6.07 Å². The van der Waals surface area contributed by atoms with Crippen molar-refractivity contribution >= 4 is 5.91 Å². The van der Waals surface area contributed by atoms with Crippen molar-refractivity contribution in [2.24, 2.45) is 5.41 Å². The quantitative estimate of drug-likeness (QED) is 0.850. The number of halogens is 3. The molecular formula is C13H17F3N2O2. The van der Waals surface area contributed by atoms with E-state index in [0.29, 0.717) is 18.2 Å². The van der Waals surface area contributed by atoms with Gasteiger partial charge in [0.05, 0.1) is 0 Å². The van der Waals surface area contributed by atoms with Gasteiger partial charge < -0.3 is 10.0 Å². The SMILES string of the molecule is CC(C)(C)CCN1C(=O)C(C#N)=C(O)C1(C)C(F)(F)F. The van der Waals surface area contributed by atoms with Crippen LogP contribution in [0.15, 0.2) is 11.3 Å². The fourth-order valence-electron chi connectivity index (χ4n) is 1.97. The maximum absolute atomic E-state index is 13.3. The first-order valence-corrected chi connectivity index (χ1v) is 6.09. The highest BCUT2D eigenvalue weighted by Gasteiger charge is 2.64. The molecule has 112 valence electrons. The molecule has 0 radical (unpaired) electrons. The van der Waals surface area contributed by atoms with Crippen LogP contribution in [0.3, 0.4) is 0 Å². The van der Waals surface area contributed by atoms with Gasteiger partial charge in [-0.2, -0.15) is 18.4 Å². The van der Waals surface area contributed by atoms with Crippen LogP contribution in [-0.4, -0.2) is 34.2 Å². The smallest absolute Gasteiger partial charge is 0.418 e. The summed E-state index contributed by atoms with van der Waals surface area (Å²) in [6, 6.07) is 1.36. The molecule has 0 aromatic rings. The molecule has 20 heavy (non-hydrogen) atoms. The molecule has 0 fully saturated rings. The van der Waals surface area contributed by atoms with Crippen molar-refractivity contribution in [2.45, 2.75) is 45.8 Å². The van der Waals surface area contributed by atoms with Gasteiger partial charge in [-0.05, 0) is 18.8 Å². The van der Waals surface area contributed by atoms with Gasteiger partial charge in [0.15, 0.2) is 16.9 Å². The Morgan fingerprint density at radius 2 is 1.85 bits per heavy atom. The molecule has 4 nitrogen and oxygen atoms in total. The van der Waals surface area contributed by atoms with E-state index in [4.69, 9.17) is 5.26 Å². The van der Waals surface area contributed by atoms with Gasteiger partial charge in [-0.3, -0.25) is 4.79 Å². The second-order valence-electron chi connectivity index (χ2n) is 6.17. The second kappa shape index (κ2) is 4.69. The number of alkyl halides is 3. The summed E-state index contributed by atoms with van der Waals surface area (Å²) in [5, 5.41) is 18.5. The maximum atomic E-state index is 13.3. The topological polar surface area (TPSA) is 64.3 Å². The number of rotatable bonds is 2. The number of hydrogen-bond donors (Lipinski definition) is 1. The van der Waals surface area contributed by atoms with Gasteiger partial charge in [0.25, 0.3) is 5.91 Å². The minimum atomic E-state index is -4.86. The number of aliphatic hydroxyl groups is 1. The first kappa shape index (κ1) is 16.3. The summed E-state index contributed by atoms with van der Waals surface area (Å²) in [5.41, 5.74) is -3.95. The van der Waals surface area contributed by atoms with E-state index in [-0.39, 0.29) is 12.0 Å². The molecule has 0 aromatic carbocycles. The fourth-order valence-corrected chi connectivity index (χ4v) is 1.97. The zero-order chi connectivity index (χ0) is 15.9. The third-order valence-corrected chi connectivity index (χ3v) is 3.45. The van der Waals surface area contributed by atoms with Gasteiger partial charge in [-0.1, -0.05) is 20.8 Å². The molecule has 0 bridgehead atoms. The van der Waals surface area contributed by atoms with Crippen LogP contribution >= 0.6 is 0 Å². The second-order valence-corrected chi connectivity index (χ2v) is 6.17. The van der Waals surface area contributed by atoms with Crippen molar-refractivity contribution in [2.75, 3.05) is 6.54 Å². The van der Waals surface area contributed by atoms with Crippen molar-refractivity contribution < 1.29 is 23.1 Å². The van der Waals surface area contributed by atoms with Crippen LogP contribution in [0, 0.1) is 16.7 Å². The molecule has 1 amide bonds. The molecule has 1 aliphatic rings. The largest absolute Gasteiger partial charge is 0.508 e. The first-order chi connectivity index (χ1) is 8.86. The molecule has 0 saturated heterocycles. The number of hydrogen-bond acceptors (Lipinski definition) is 3. The van der Waals surface area contributed by atoms with E-state index >= 15 is 0 Å². The van der Waals surface area contributed by atoms with E-state index in [1.807, 2.05) is 20.8 Å². The predicted octanol–water partition coefficient (Wildman–Crippen LogP) is 2.92. The van der Waals surface area contributed by atoms with Crippen molar-refractivity contribution in [3.8, 4) is 6.07 Å². The molecule has 0 aromatic heterocycles.